The maximum atomic E-state index is 12.4. The molecular weight excluding hydrogens is 482 g/mol. The van der Waals surface area contributed by atoms with Crippen LogP contribution in [-0.2, 0) is 22.8 Å². The molecule has 2 aromatic carbocycles. The van der Waals surface area contributed by atoms with Gasteiger partial charge in [0.15, 0.2) is 10.3 Å². The molecule has 32 heavy (non-hydrogen) atoms. The number of benzene rings is 2. The van der Waals surface area contributed by atoms with Crippen molar-refractivity contribution in [1.29, 1.82) is 0 Å². The van der Waals surface area contributed by atoms with Gasteiger partial charge < -0.3 is 9.88 Å². The van der Waals surface area contributed by atoms with Crippen molar-refractivity contribution in [2.24, 2.45) is 0 Å². The molecule has 0 atom stereocenters. The Hall–Kier alpha value is -2.33. The van der Waals surface area contributed by atoms with Gasteiger partial charge in [-0.15, -0.1) is 28.5 Å². The van der Waals surface area contributed by atoms with Crippen molar-refractivity contribution >= 4 is 67.7 Å². The van der Waals surface area contributed by atoms with Gasteiger partial charge in [-0.05, 0) is 29.8 Å². The number of fused-ring (bicyclic) bond motifs is 1. The lowest BCUT2D eigenvalue weighted by molar-refractivity contribution is -0.113. The summed E-state index contributed by atoms with van der Waals surface area (Å²) in [6, 6.07) is 15.6. The number of allylic oxidation sites excluding steroid dienone is 1. The molecule has 6 nitrogen and oxygen atoms in total. The number of halogens is 1. The fourth-order valence-corrected chi connectivity index (χ4v) is 5.60. The summed E-state index contributed by atoms with van der Waals surface area (Å²) in [6.45, 7) is 4.42. The van der Waals surface area contributed by atoms with Gasteiger partial charge in [0.2, 0.25) is 5.91 Å². The van der Waals surface area contributed by atoms with Crippen LogP contribution in [-0.4, -0.2) is 31.4 Å². The minimum atomic E-state index is -0.124. The number of thioether (sulfide) groups is 2. The van der Waals surface area contributed by atoms with Gasteiger partial charge in [0.25, 0.3) is 0 Å². The van der Waals surface area contributed by atoms with Crippen LogP contribution in [0.2, 0.25) is 5.02 Å². The van der Waals surface area contributed by atoms with Crippen LogP contribution in [0, 0.1) is 0 Å². The number of nitrogens with one attached hydrogen (secondary N) is 1. The molecule has 2 aromatic heterocycles. The molecular formula is C22H20ClN5OS3. The Labute approximate surface area is 203 Å². The molecule has 2 heterocycles. The number of hydrogen-bond donors (Lipinski definition) is 1. The average Bonchev–Trinajstić information content (AvgIpc) is 3.37. The monoisotopic (exact) mass is 501 g/mol. The predicted octanol–water partition coefficient (Wildman–Crippen LogP) is 5.89. The Morgan fingerprint density at radius 1 is 1.16 bits per heavy atom. The Morgan fingerprint density at radius 2 is 1.97 bits per heavy atom. The standard InChI is InChI=1S/C22H20ClN5OS3/c1-2-11-28-19(13-30-12-15-7-9-16(23)10-8-15)26-27-22(28)31-14-20(29)25-21-24-17-5-3-4-6-18(17)32-21/h2-10H,1,11-14H2,(H,24,25,29). The number of aromatic nitrogens is 4. The first kappa shape index (κ1) is 22.8. The second-order valence-corrected chi connectivity index (χ2v) is 10.1. The van der Waals surface area contributed by atoms with Crippen LogP contribution in [0.4, 0.5) is 5.13 Å². The highest BCUT2D eigenvalue weighted by Gasteiger charge is 2.14. The third-order valence-electron chi connectivity index (χ3n) is 4.39. The second-order valence-electron chi connectivity index (χ2n) is 6.74. The molecule has 1 amide bonds. The van der Waals surface area contributed by atoms with Crippen molar-refractivity contribution < 1.29 is 4.79 Å². The summed E-state index contributed by atoms with van der Waals surface area (Å²) < 4.78 is 3.04. The summed E-state index contributed by atoms with van der Waals surface area (Å²) in [5, 5.41) is 13.5. The number of rotatable bonds is 10. The van der Waals surface area contributed by atoms with Crippen LogP contribution in [0.3, 0.4) is 0 Å². The van der Waals surface area contributed by atoms with E-state index in [1.54, 1.807) is 11.8 Å². The molecule has 1 N–H and O–H groups in total. The fraction of sp³-hybridized carbons (Fsp3) is 0.182. The van der Waals surface area contributed by atoms with Gasteiger partial charge >= 0.3 is 0 Å². The topological polar surface area (TPSA) is 72.7 Å². The van der Waals surface area contributed by atoms with E-state index in [2.05, 4.69) is 27.1 Å². The predicted molar refractivity (Wildman–Crippen MR) is 136 cm³/mol. The van der Waals surface area contributed by atoms with Crippen molar-refractivity contribution in [3.63, 3.8) is 0 Å². The summed E-state index contributed by atoms with van der Waals surface area (Å²) >= 11 is 10.5. The summed E-state index contributed by atoms with van der Waals surface area (Å²) in [4.78, 5) is 16.9. The lowest BCUT2D eigenvalue weighted by atomic mass is 10.2. The molecule has 0 fully saturated rings. The van der Waals surface area contributed by atoms with Crippen LogP contribution in [0.1, 0.15) is 11.4 Å². The zero-order valence-electron chi connectivity index (χ0n) is 17.0. The summed E-state index contributed by atoms with van der Waals surface area (Å²) in [5.74, 6) is 2.52. The lowest BCUT2D eigenvalue weighted by Crippen LogP contribution is -2.14. The molecule has 0 unspecified atom stereocenters. The Morgan fingerprint density at radius 3 is 2.75 bits per heavy atom. The zero-order chi connectivity index (χ0) is 22.3. The summed E-state index contributed by atoms with van der Waals surface area (Å²) in [7, 11) is 0. The third kappa shape index (κ3) is 5.92. The summed E-state index contributed by atoms with van der Waals surface area (Å²) in [6.07, 6.45) is 1.81. The zero-order valence-corrected chi connectivity index (χ0v) is 20.2. The molecule has 0 bridgehead atoms. The van der Waals surface area contributed by atoms with E-state index in [1.807, 2.05) is 59.2 Å². The van der Waals surface area contributed by atoms with Gasteiger partial charge in [-0.1, -0.05) is 65.0 Å². The van der Waals surface area contributed by atoms with E-state index in [-0.39, 0.29) is 11.7 Å². The Kier molecular flexibility index (Phi) is 7.85. The first-order valence-corrected chi connectivity index (χ1v) is 13.1. The SMILES string of the molecule is C=CCn1c(CSCc2ccc(Cl)cc2)nnc1SCC(=O)Nc1nc2ccccc2s1. The van der Waals surface area contributed by atoms with Crippen molar-refractivity contribution in [2.75, 3.05) is 11.1 Å². The van der Waals surface area contributed by atoms with Gasteiger partial charge in [-0.25, -0.2) is 4.98 Å². The minimum absolute atomic E-state index is 0.124. The van der Waals surface area contributed by atoms with Crippen LogP contribution in [0.5, 0.6) is 0 Å². The van der Waals surface area contributed by atoms with E-state index in [9.17, 15) is 4.79 Å². The maximum absolute atomic E-state index is 12.4. The van der Waals surface area contributed by atoms with E-state index < -0.39 is 0 Å². The number of hydrogen-bond acceptors (Lipinski definition) is 7. The van der Waals surface area contributed by atoms with Gasteiger partial charge in [-0.3, -0.25) is 4.79 Å². The van der Waals surface area contributed by atoms with Crippen LogP contribution in [0.15, 0.2) is 66.3 Å². The quantitative estimate of drug-likeness (QED) is 0.216. The van der Waals surface area contributed by atoms with Crippen molar-refractivity contribution in [1.82, 2.24) is 19.7 Å². The highest BCUT2D eigenvalue weighted by atomic mass is 35.5. The van der Waals surface area contributed by atoms with Crippen molar-refractivity contribution in [2.45, 2.75) is 23.2 Å². The number of thiazole rings is 1. The largest absolute Gasteiger partial charge is 0.301 e. The molecule has 0 aliphatic heterocycles. The maximum Gasteiger partial charge on any atom is 0.236 e. The third-order valence-corrected chi connectivity index (χ3v) is 7.56. The molecule has 0 spiro atoms. The first-order valence-electron chi connectivity index (χ1n) is 9.76. The number of carbonyl (C=O) groups excluding carboxylic acids is 1. The highest BCUT2D eigenvalue weighted by molar-refractivity contribution is 7.99. The van der Waals surface area contributed by atoms with E-state index in [1.165, 1.54) is 28.7 Å². The van der Waals surface area contributed by atoms with E-state index in [4.69, 9.17) is 11.6 Å². The summed E-state index contributed by atoms with van der Waals surface area (Å²) in [5.41, 5.74) is 2.09. The number of para-hydroxylation sites is 1. The van der Waals surface area contributed by atoms with Crippen molar-refractivity contribution in [3.05, 3.63) is 77.6 Å². The van der Waals surface area contributed by atoms with E-state index in [0.717, 1.165) is 26.8 Å². The first-order chi connectivity index (χ1) is 15.6. The van der Waals surface area contributed by atoms with E-state index >= 15 is 0 Å². The molecule has 0 saturated heterocycles. The molecule has 0 radical (unpaired) electrons. The molecule has 0 saturated carbocycles. The normalized spacial score (nSPS) is 11.0. The Balaban J connectivity index is 1.33. The highest BCUT2D eigenvalue weighted by Crippen LogP contribution is 2.26. The van der Waals surface area contributed by atoms with Crippen LogP contribution < -0.4 is 5.32 Å². The number of nitrogens with zero attached hydrogens (tertiary/aromatic N) is 4. The molecule has 0 aliphatic carbocycles. The molecule has 164 valence electrons. The van der Waals surface area contributed by atoms with Gasteiger partial charge in [0.05, 0.1) is 21.7 Å². The molecule has 0 aliphatic rings. The molecule has 4 rings (SSSR count). The number of anilines is 1. The van der Waals surface area contributed by atoms with Crippen LogP contribution >= 0.6 is 46.5 Å². The number of amides is 1. The van der Waals surface area contributed by atoms with E-state index in [0.29, 0.717) is 22.6 Å². The lowest BCUT2D eigenvalue weighted by Gasteiger charge is -2.08. The van der Waals surface area contributed by atoms with Gasteiger partial charge in [-0.2, -0.15) is 0 Å². The van der Waals surface area contributed by atoms with Crippen LogP contribution in [0.25, 0.3) is 10.2 Å². The smallest absolute Gasteiger partial charge is 0.236 e. The Bertz CT molecular complexity index is 1190. The van der Waals surface area contributed by atoms with Gasteiger partial charge in [0, 0.05) is 17.3 Å². The molecule has 10 heteroatoms. The number of carbonyl (C=O) groups is 1. The van der Waals surface area contributed by atoms with Crippen molar-refractivity contribution in [3.8, 4) is 0 Å². The fourth-order valence-electron chi connectivity index (χ4n) is 2.90. The minimum Gasteiger partial charge on any atom is -0.301 e. The van der Waals surface area contributed by atoms with Gasteiger partial charge in [0.1, 0.15) is 5.82 Å². The molecule has 4 aromatic rings. The average molecular weight is 502 g/mol. The second kappa shape index (κ2) is 11.0.